The van der Waals surface area contributed by atoms with Crippen molar-refractivity contribution in [1.82, 2.24) is 9.97 Å². The molecular weight excluding hydrogens is 340 g/mol. The van der Waals surface area contributed by atoms with E-state index < -0.39 is 5.97 Å². The Labute approximate surface area is 152 Å². The normalized spacial score (nSPS) is 14.9. The summed E-state index contributed by atoms with van der Waals surface area (Å²) in [6.45, 7) is 6.50. The molecule has 0 radical (unpaired) electrons. The molecule has 0 bridgehead atoms. The Balaban J connectivity index is 1.99. The van der Waals surface area contributed by atoms with Gasteiger partial charge in [-0.3, -0.25) is 0 Å². The van der Waals surface area contributed by atoms with Gasteiger partial charge in [0, 0.05) is 16.0 Å². The summed E-state index contributed by atoms with van der Waals surface area (Å²) in [6.07, 6.45) is 2.24. The van der Waals surface area contributed by atoms with Crippen LogP contribution in [0.1, 0.15) is 42.7 Å². The van der Waals surface area contributed by atoms with Crippen LogP contribution in [0.3, 0.4) is 0 Å². The minimum absolute atomic E-state index is 0.172. The molecule has 6 heteroatoms. The van der Waals surface area contributed by atoms with E-state index in [-0.39, 0.29) is 17.9 Å². The van der Waals surface area contributed by atoms with E-state index in [0.29, 0.717) is 28.7 Å². The first-order valence-electron chi connectivity index (χ1n) is 8.36. The average molecular weight is 361 g/mol. The maximum atomic E-state index is 12.3. The van der Waals surface area contributed by atoms with Gasteiger partial charge in [0.25, 0.3) is 0 Å². The molecule has 2 aromatic rings. The molecule has 1 heterocycles. The van der Waals surface area contributed by atoms with Gasteiger partial charge in [-0.05, 0) is 51.0 Å². The summed E-state index contributed by atoms with van der Waals surface area (Å²) in [5, 5.41) is 0.641. The number of carbonyl (C=O) groups is 1. The van der Waals surface area contributed by atoms with E-state index in [1.54, 1.807) is 26.0 Å². The number of aromatic nitrogens is 2. The van der Waals surface area contributed by atoms with Crippen molar-refractivity contribution in [2.45, 2.75) is 33.6 Å². The van der Waals surface area contributed by atoms with Crippen molar-refractivity contribution in [1.29, 1.82) is 0 Å². The van der Waals surface area contributed by atoms with Crippen molar-refractivity contribution >= 4 is 17.6 Å². The van der Waals surface area contributed by atoms with Crippen LogP contribution in [-0.2, 0) is 4.74 Å². The van der Waals surface area contributed by atoms with Crippen molar-refractivity contribution in [2.75, 3.05) is 13.2 Å². The molecular formula is C19H21ClN2O3. The Morgan fingerprint density at radius 1 is 1.24 bits per heavy atom. The average Bonchev–Trinajstić information content (AvgIpc) is 3.31. The Morgan fingerprint density at radius 2 is 1.92 bits per heavy atom. The minimum atomic E-state index is -0.460. The Morgan fingerprint density at radius 3 is 2.52 bits per heavy atom. The highest BCUT2D eigenvalue weighted by atomic mass is 35.5. The summed E-state index contributed by atoms with van der Waals surface area (Å²) in [5.74, 6) is 0.320. The highest BCUT2D eigenvalue weighted by Crippen LogP contribution is 2.45. The predicted octanol–water partition coefficient (Wildman–Crippen LogP) is 4.46. The topological polar surface area (TPSA) is 61.3 Å². The molecule has 1 saturated carbocycles. The van der Waals surface area contributed by atoms with E-state index in [1.165, 1.54) is 0 Å². The molecule has 3 rings (SSSR count). The number of nitrogens with zero attached hydrogens (tertiary/aromatic N) is 2. The van der Waals surface area contributed by atoms with Gasteiger partial charge in [-0.1, -0.05) is 18.5 Å². The van der Waals surface area contributed by atoms with E-state index >= 15 is 0 Å². The number of hydrogen-bond acceptors (Lipinski definition) is 5. The van der Waals surface area contributed by atoms with Crippen LogP contribution in [0.2, 0.25) is 5.02 Å². The monoisotopic (exact) mass is 360 g/mol. The number of esters is 1. The smallest absolute Gasteiger partial charge is 0.345 e. The van der Waals surface area contributed by atoms with Crippen LogP contribution in [0.25, 0.3) is 11.4 Å². The zero-order valence-corrected chi connectivity index (χ0v) is 15.4. The van der Waals surface area contributed by atoms with Gasteiger partial charge < -0.3 is 9.47 Å². The first-order chi connectivity index (χ1) is 11.9. The zero-order valence-electron chi connectivity index (χ0n) is 14.6. The number of ether oxygens (including phenoxy) is 2. The van der Waals surface area contributed by atoms with Crippen molar-refractivity contribution in [3.63, 3.8) is 0 Å². The predicted molar refractivity (Wildman–Crippen MR) is 96.0 cm³/mol. The maximum Gasteiger partial charge on any atom is 0.345 e. The Kier molecular flexibility index (Phi) is 4.95. The van der Waals surface area contributed by atoms with Crippen LogP contribution in [0.15, 0.2) is 24.3 Å². The zero-order chi connectivity index (χ0) is 18.0. The van der Waals surface area contributed by atoms with E-state index in [1.807, 2.05) is 12.1 Å². The van der Waals surface area contributed by atoms with Gasteiger partial charge >= 0.3 is 5.97 Å². The Bertz CT molecular complexity index is 786. The third-order valence-corrected chi connectivity index (χ3v) is 4.55. The molecule has 0 amide bonds. The van der Waals surface area contributed by atoms with E-state index in [4.69, 9.17) is 21.1 Å². The van der Waals surface area contributed by atoms with Crippen LogP contribution in [0, 0.1) is 12.3 Å². The van der Waals surface area contributed by atoms with Gasteiger partial charge in [0.15, 0.2) is 5.82 Å². The van der Waals surface area contributed by atoms with Crippen LogP contribution >= 0.6 is 11.6 Å². The lowest BCUT2D eigenvalue weighted by molar-refractivity contribution is 0.0517. The number of carbonyl (C=O) groups excluding carboxylic acids is 1. The van der Waals surface area contributed by atoms with E-state index in [2.05, 4.69) is 16.9 Å². The molecule has 1 fully saturated rings. The fourth-order valence-electron chi connectivity index (χ4n) is 2.42. The molecule has 25 heavy (non-hydrogen) atoms. The standard InChI is InChI=1S/C19H21ClN2O3/c1-4-24-18(23)15-12(2)21-16(13-5-7-14(20)8-6-13)22-17(15)25-11-19(3)9-10-19/h5-8H,4,9-11H2,1-3H3. The summed E-state index contributed by atoms with van der Waals surface area (Å²) in [5.41, 5.74) is 1.81. The molecule has 0 spiro atoms. The molecule has 0 saturated heterocycles. The summed E-state index contributed by atoms with van der Waals surface area (Å²) >= 11 is 5.94. The summed E-state index contributed by atoms with van der Waals surface area (Å²) in [4.78, 5) is 21.3. The number of aryl methyl sites for hydroxylation is 1. The summed E-state index contributed by atoms with van der Waals surface area (Å²) < 4.78 is 11.1. The quantitative estimate of drug-likeness (QED) is 0.711. The Hall–Kier alpha value is -2.14. The molecule has 1 aliphatic carbocycles. The van der Waals surface area contributed by atoms with Crippen molar-refractivity contribution in [3.8, 4) is 17.3 Å². The third kappa shape index (κ3) is 4.10. The molecule has 0 N–H and O–H groups in total. The van der Waals surface area contributed by atoms with E-state index in [0.717, 1.165) is 18.4 Å². The molecule has 1 aromatic carbocycles. The van der Waals surface area contributed by atoms with Gasteiger partial charge in [-0.25, -0.2) is 9.78 Å². The lowest BCUT2D eigenvalue weighted by atomic mass is 10.1. The first-order valence-corrected chi connectivity index (χ1v) is 8.74. The van der Waals surface area contributed by atoms with E-state index in [9.17, 15) is 4.79 Å². The SMILES string of the molecule is CCOC(=O)c1c(C)nc(-c2ccc(Cl)cc2)nc1OCC1(C)CC1. The van der Waals surface area contributed by atoms with Gasteiger partial charge in [0.2, 0.25) is 5.88 Å². The minimum Gasteiger partial charge on any atom is -0.476 e. The van der Waals surface area contributed by atoms with Crippen molar-refractivity contribution in [3.05, 3.63) is 40.5 Å². The fraction of sp³-hybridized carbons (Fsp3) is 0.421. The van der Waals surface area contributed by atoms with Gasteiger partial charge in [0.1, 0.15) is 5.56 Å². The molecule has 1 aromatic heterocycles. The molecule has 0 unspecified atom stereocenters. The summed E-state index contributed by atoms with van der Waals surface area (Å²) in [6, 6.07) is 7.24. The third-order valence-electron chi connectivity index (χ3n) is 4.30. The molecule has 132 valence electrons. The molecule has 0 atom stereocenters. The van der Waals surface area contributed by atoms with Gasteiger partial charge in [0.05, 0.1) is 18.9 Å². The number of hydrogen-bond donors (Lipinski definition) is 0. The van der Waals surface area contributed by atoms with Crippen LogP contribution < -0.4 is 4.74 Å². The van der Waals surface area contributed by atoms with Crippen LogP contribution in [0.4, 0.5) is 0 Å². The summed E-state index contributed by atoms with van der Waals surface area (Å²) in [7, 11) is 0. The van der Waals surface area contributed by atoms with Gasteiger partial charge in [-0.15, -0.1) is 0 Å². The number of halogens is 1. The fourth-order valence-corrected chi connectivity index (χ4v) is 2.54. The van der Waals surface area contributed by atoms with Crippen LogP contribution in [-0.4, -0.2) is 29.2 Å². The number of benzene rings is 1. The number of rotatable bonds is 6. The highest BCUT2D eigenvalue weighted by Gasteiger charge is 2.38. The van der Waals surface area contributed by atoms with Gasteiger partial charge in [-0.2, -0.15) is 4.98 Å². The highest BCUT2D eigenvalue weighted by molar-refractivity contribution is 6.30. The lowest BCUT2D eigenvalue weighted by Gasteiger charge is -2.15. The van der Waals surface area contributed by atoms with Crippen LogP contribution in [0.5, 0.6) is 5.88 Å². The second kappa shape index (κ2) is 7.00. The second-order valence-corrected chi connectivity index (χ2v) is 7.08. The second-order valence-electron chi connectivity index (χ2n) is 6.64. The lowest BCUT2D eigenvalue weighted by Crippen LogP contribution is -2.16. The largest absolute Gasteiger partial charge is 0.476 e. The van der Waals surface area contributed by atoms with Crippen molar-refractivity contribution in [2.24, 2.45) is 5.41 Å². The maximum absolute atomic E-state index is 12.3. The van der Waals surface area contributed by atoms with Crippen molar-refractivity contribution < 1.29 is 14.3 Å². The molecule has 1 aliphatic rings. The molecule has 0 aliphatic heterocycles. The molecule has 5 nitrogen and oxygen atoms in total. The first kappa shape index (κ1) is 17.7.